The van der Waals surface area contributed by atoms with Crippen molar-refractivity contribution >= 4 is 55.8 Å². The van der Waals surface area contributed by atoms with E-state index in [0.29, 0.717) is 33.8 Å². The fourth-order valence-electron chi connectivity index (χ4n) is 6.57. The van der Waals surface area contributed by atoms with Crippen LogP contribution in [0.3, 0.4) is 0 Å². The van der Waals surface area contributed by atoms with Gasteiger partial charge in [0.05, 0.1) is 65.3 Å². The van der Waals surface area contributed by atoms with E-state index in [1.807, 2.05) is 36.4 Å². The molecule has 3 aromatic rings. The van der Waals surface area contributed by atoms with E-state index in [1.165, 1.54) is 24.3 Å². The van der Waals surface area contributed by atoms with Crippen molar-refractivity contribution in [2.24, 2.45) is 0 Å². The zero-order valence-electron chi connectivity index (χ0n) is 33.0. The Balaban J connectivity index is 1.28. The first kappa shape index (κ1) is 44.9. The Kier molecular flexibility index (Phi) is 16.1. The van der Waals surface area contributed by atoms with Gasteiger partial charge in [-0.1, -0.05) is 11.1 Å². The average molecular weight is 856 g/mol. The van der Waals surface area contributed by atoms with Gasteiger partial charge in [0.2, 0.25) is 15.4 Å². The van der Waals surface area contributed by atoms with Gasteiger partial charge in [0, 0.05) is 71.5 Å². The predicted octanol–water partition coefficient (Wildman–Crippen LogP) is 6.53. The van der Waals surface area contributed by atoms with E-state index in [-0.39, 0.29) is 55.8 Å². The molecule has 2 aliphatic rings. The van der Waals surface area contributed by atoms with Gasteiger partial charge in [-0.25, -0.2) is 23.0 Å². The summed E-state index contributed by atoms with van der Waals surface area (Å²) in [6, 6.07) is 20.0. The van der Waals surface area contributed by atoms with Crippen molar-refractivity contribution in [3.05, 3.63) is 98.4 Å². The summed E-state index contributed by atoms with van der Waals surface area (Å²) in [5.41, 5.74) is 3.12. The van der Waals surface area contributed by atoms with Crippen LogP contribution in [-0.2, 0) is 28.9 Å². The van der Waals surface area contributed by atoms with Gasteiger partial charge in [-0.15, -0.1) is 4.33 Å². The molecule has 20 heteroatoms. The zero-order chi connectivity index (χ0) is 42.5. The molecule has 0 amide bonds. The van der Waals surface area contributed by atoms with E-state index in [1.54, 1.807) is 6.07 Å². The van der Waals surface area contributed by atoms with Crippen molar-refractivity contribution in [3.63, 3.8) is 0 Å². The van der Waals surface area contributed by atoms with Gasteiger partial charge in [-0.05, 0) is 69.7 Å². The van der Waals surface area contributed by atoms with E-state index >= 15 is 0 Å². The molecule has 18 nitrogen and oxygen atoms in total. The first-order valence-electron chi connectivity index (χ1n) is 18.9. The summed E-state index contributed by atoms with van der Waals surface area (Å²) >= 11 is 0.656. The van der Waals surface area contributed by atoms with Crippen LogP contribution in [0.1, 0.15) is 27.7 Å². The molecule has 0 bridgehead atoms. The molecule has 0 aromatic heterocycles. The maximum Gasteiger partial charge on any atom is 0.299 e. The van der Waals surface area contributed by atoms with Gasteiger partial charge in [-0.2, -0.15) is 0 Å². The zero-order valence-corrected chi connectivity index (χ0v) is 34.7. The first-order chi connectivity index (χ1) is 28.5. The molecule has 0 saturated carbocycles. The fourth-order valence-corrected chi connectivity index (χ4v) is 8.22. The summed E-state index contributed by atoms with van der Waals surface area (Å²) < 4.78 is 54.1. The number of benzene rings is 4. The molecule has 0 spiro atoms. The molecule has 0 saturated heterocycles. The Labute approximate surface area is 345 Å². The van der Waals surface area contributed by atoms with Crippen LogP contribution in [0, 0.1) is 20.2 Å². The largest absolute Gasteiger partial charge is 0.456 e. The summed E-state index contributed by atoms with van der Waals surface area (Å²) in [6.07, 6.45) is 0. The lowest BCUT2D eigenvalue weighted by Gasteiger charge is -2.22. The summed E-state index contributed by atoms with van der Waals surface area (Å²) in [5.74, 6) is 0.637. The molecule has 1 aliphatic carbocycles. The number of hydrogen-bond acceptors (Lipinski definition) is 15. The number of anilines is 2. The molecule has 1 aliphatic heterocycles. The second-order valence-corrected chi connectivity index (χ2v) is 15.3. The monoisotopic (exact) mass is 855 g/mol. The Hall–Kier alpha value is -5.19. The molecular formula is C39H47N6O12S2+. The number of rotatable bonds is 23. The average Bonchev–Trinajstić information content (AvgIpc) is 3.23. The summed E-state index contributed by atoms with van der Waals surface area (Å²) in [7, 11) is -4.04. The molecule has 3 aromatic carbocycles. The van der Waals surface area contributed by atoms with Crippen LogP contribution in [0.2, 0.25) is 0 Å². The number of ether oxygens (including phenoxy) is 2. The molecular weight excluding hydrogens is 809 g/mol. The molecule has 5 rings (SSSR count). The Morgan fingerprint density at radius 3 is 2.19 bits per heavy atom. The van der Waals surface area contributed by atoms with E-state index in [9.17, 15) is 28.6 Å². The highest BCUT2D eigenvalue weighted by molar-refractivity contribution is 7.94. The minimum atomic E-state index is -4.04. The number of hydrogen-bond donors (Lipinski definition) is 3. The second-order valence-electron chi connectivity index (χ2n) is 12.8. The van der Waals surface area contributed by atoms with E-state index < -0.39 is 25.6 Å². The third-order valence-corrected chi connectivity index (χ3v) is 11.6. The van der Waals surface area contributed by atoms with E-state index in [2.05, 4.69) is 52.2 Å². The summed E-state index contributed by atoms with van der Waals surface area (Å²) in [4.78, 5) is 23.3. The van der Waals surface area contributed by atoms with Crippen molar-refractivity contribution < 1.29 is 46.8 Å². The van der Waals surface area contributed by atoms with Crippen LogP contribution in [0.4, 0.5) is 22.7 Å². The maximum atomic E-state index is 13.5. The summed E-state index contributed by atoms with van der Waals surface area (Å²) in [5, 5.41) is 39.9. The van der Waals surface area contributed by atoms with Gasteiger partial charge in [0.1, 0.15) is 30.1 Å². The van der Waals surface area contributed by atoms with Crippen LogP contribution >= 0.6 is 12.0 Å². The minimum absolute atomic E-state index is 0.0352. The summed E-state index contributed by atoms with van der Waals surface area (Å²) in [6.45, 7) is 12.2. The lowest BCUT2D eigenvalue weighted by molar-refractivity contribution is -0.432. The third kappa shape index (κ3) is 11.1. The van der Waals surface area contributed by atoms with Gasteiger partial charge < -0.3 is 24.1 Å². The van der Waals surface area contributed by atoms with Crippen molar-refractivity contribution in [1.82, 2.24) is 9.30 Å². The second kappa shape index (κ2) is 21.2. The third-order valence-electron chi connectivity index (χ3n) is 9.49. The SMILES string of the molecule is CCN(CC)c1ccc2c(-c3ccc(S(=O)(=O)NCCOCCOCCNc4ccc([N+](=O)[O-])cc4[N+](=O)[O-])cc3SOOO)c3ccc(=[N+](CC)CC)cc-3oc2c1. The van der Waals surface area contributed by atoms with E-state index in [4.69, 9.17) is 23.5 Å². The topological polar surface area (TPSA) is 221 Å². The molecule has 0 fully saturated rings. The van der Waals surface area contributed by atoms with Gasteiger partial charge in [0.25, 0.3) is 11.4 Å². The van der Waals surface area contributed by atoms with Crippen LogP contribution in [0.5, 0.6) is 0 Å². The molecule has 59 heavy (non-hydrogen) atoms. The molecule has 0 atom stereocenters. The van der Waals surface area contributed by atoms with Crippen molar-refractivity contribution in [2.45, 2.75) is 37.5 Å². The predicted molar refractivity (Wildman–Crippen MR) is 224 cm³/mol. The van der Waals surface area contributed by atoms with E-state index in [0.717, 1.165) is 59.8 Å². The minimum Gasteiger partial charge on any atom is -0.456 e. The normalized spacial score (nSPS) is 11.6. The number of nitro benzene ring substituents is 2. The first-order valence-corrected chi connectivity index (χ1v) is 21.1. The number of nitrogens with zero attached hydrogens (tertiary/aromatic N) is 4. The number of sulfonamides is 1. The molecule has 1 heterocycles. The number of nitro groups is 2. The van der Waals surface area contributed by atoms with Crippen LogP contribution in [0.25, 0.3) is 33.4 Å². The molecule has 3 N–H and O–H groups in total. The van der Waals surface area contributed by atoms with Crippen LogP contribution in [0.15, 0.2) is 87.0 Å². The number of fused-ring (bicyclic) bond motifs is 2. The fraction of sp³-hybridized carbons (Fsp3) is 0.359. The van der Waals surface area contributed by atoms with Crippen molar-refractivity contribution in [1.29, 1.82) is 0 Å². The van der Waals surface area contributed by atoms with Crippen LogP contribution < -0.4 is 24.9 Å². The molecule has 0 radical (unpaired) electrons. The Morgan fingerprint density at radius 2 is 1.53 bits per heavy atom. The van der Waals surface area contributed by atoms with Crippen molar-refractivity contribution in [3.8, 4) is 22.5 Å². The number of non-ortho nitro benzene ring substituents is 1. The van der Waals surface area contributed by atoms with Crippen LogP contribution in [-0.4, -0.2) is 89.2 Å². The highest BCUT2D eigenvalue weighted by Crippen LogP contribution is 2.45. The lowest BCUT2D eigenvalue weighted by atomic mass is 9.93. The quantitative estimate of drug-likeness (QED) is 0.0121. The standard InChI is InChI=1S/C39H46N6O12S2/c1-5-42(6-2)27-9-13-31-36(24-27)55-37-25-28(43(7-3)8-4)10-14-32(37)39(31)33-15-12-30(26-38(33)58-57-56-50)59(51,52)41-18-20-54-22-21-53-19-17-40-34-16-11-29(44(46)47)23-35(34)45(48)49/h9-16,23-26,40-41H,5-8,17-22H2,1-4H3/p+1. The maximum absolute atomic E-state index is 13.5. The Bertz CT molecular complexity index is 2400. The molecule has 0 unspecified atom stereocenters. The van der Waals surface area contributed by atoms with Gasteiger partial charge in [0.15, 0.2) is 0 Å². The lowest BCUT2D eigenvalue weighted by Crippen LogP contribution is -2.29. The van der Waals surface area contributed by atoms with Crippen molar-refractivity contribution in [2.75, 3.05) is 75.9 Å². The van der Waals surface area contributed by atoms with Gasteiger partial charge >= 0.3 is 0 Å². The van der Waals surface area contributed by atoms with Gasteiger partial charge in [-0.3, -0.25) is 20.2 Å². The molecule has 316 valence electrons. The Morgan fingerprint density at radius 1 is 0.814 bits per heavy atom. The number of nitrogens with one attached hydrogen (secondary N) is 2. The highest BCUT2D eigenvalue weighted by atomic mass is 32.2. The highest BCUT2D eigenvalue weighted by Gasteiger charge is 2.24. The smallest absolute Gasteiger partial charge is 0.299 e.